The van der Waals surface area contributed by atoms with Gasteiger partial charge in [0.1, 0.15) is 23.4 Å². The number of carbonyl (C=O) groups is 3. The Morgan fingerprint density at radius 1 is 0.927 bits per heavy atom. The number of nitrogens with zero attached hydrogens (tertiary/aromatic N) is 1. The van der Waals surface area contributed by atoms with E-state index in [-0.39, 0.29) is 24.1 Å². The van der Waals surface area contributed by atoms with Crippen molar-refractivity contribution < 1.29 is 24.2 Å². The van der Waals surface area contributed by atoms with E-state index in [4.69, 9.17) is 4.74 Å². The van der Waals surface area contributed by atoms with Crippen LogP contribution in [0.15, 0.2) is 42.5 Å². The van der Waals surface area contributed by atoms with Gasteiger partial charge in [-0.1, -0.05) is 43.7 Å². The fourth-order valence-electron chi connectivity index (χ4n) is 4.99. The lowest BCUT2D eigenvalue weighted by molar-refractivity contribution is -0.148. The number of nitrogens with one attached hydrogen (secondary N) is 2. The van der Waals surface area contributed by atoms with E-state index in [1.165, 1.54) is 12.1 Å². The van der Waals surface area contributed by atoms with E-state index < -0.39 is 35.2 Å². The monoisotopic (exact) mass is 567 g/mol. The van der Waals surface area contributed by atoms with Crippen LogP contribution in [-0.2, 0) is 20.7 Å². The third-order valence-corrected chi connectivity index (χ3v) is 6.76. The standard InChI is InChI=1S/C33H49N3O5/c1-11-13-23(4)34-29(38)28(27-21(2)14-12-15-22(27)3)36(32(5,6)7)30(39)26(35-31(40)41-33(8,9)10)20-24-16-18-25(37)19-17-24/h12,14-19,23,26,28,37H,11,13,20H2,1-10H3,(H,34,38)(H,35,40). The number of carbonyl (C=O) groups excluding carboxylic acids is 3. The van der Waals surface area contributed by atoms with Gasteiger partial charge in [0, 0.05) is 18.0 Å². The molecule has 8 heteroatoms. The van der Waals surface area contributed by atoms with Crippen molar-refractivity contribution >= 4 is 17.9 Å². The van der Waals surface area contributed by atoms with Crippen LogP contribution in [-0.4, -0.2) is 51.1 Å². The number of amides is 3. The van der Waals surface area contributed by atoms with Gasteiger partial charge in [0.15, 0.2) is 0 Å². The SMILES string of the molecule is CCCC(C)NC(=O)C(c1c(C)cccc1C)N(C(=O)C(Cc1ccc(O)cc1)NC(=O)OC(C)(C)C)C(C)(C)C. The summed E-state index contributed by atoms with van der Waals surface area (Å²) in [6, 6.07) is 10.2. The highest BCUT2D eigenvalue weighted by atomic mass is 16.6. The highest BCUT2D eigenvalue weighted by molar-refractivity contribution is 5.93. The van der Waals surface area contributed by atoms with Crippen LogP contribution in [0.1, 0.15) is 96.5 Å². The molecule has 41 heavy (non-hydrogen) atoms. The highest BCUT2D eigenvalue weighted by Crippen LogP contribution is 2.34. The number of hydrogen-bond acceptors (Lipinski definition) is 5. The molecule has 0 bridgehead atoms. The van der Waals surface area contributed by atoms with E-state index in [1.807, 2.05) is 59.7 Å². The molecule has 2 aromatic rings. The highest BCUT2D eigenvalue weighted by Gasteiger charge is 2.43. The summed E-state index contributed by atoms with van der Waals surface area (Å²) in [5, 5.41) is 15.7. The van der Waals surface area contributed by atoms with Crippen molar-refractivity contribution in [2.24, 2.45) is 0 Å². The first-order chi connectivity index (χ1) is 18.9. The second-order valence-corrected chi connectivity index (χ2v) is 12.9. The molecule has 8 nitrogen and oxygen atoms in total. The van der Waals surface area contributed by atoms with Gasteiger partial charge < -0.3 is 25.4 Å². The maximum Gasteiger partial charge on any atom is 0.408 e. The average molecular weight is 568 g/mol. The third kappa shape index (κ3) is 9.80. The number of phenols is 1. The Balaban J connectivity index is 2.68. The second-order valence-electron chi connectivity index (χ2n) is 12.9. The average Bonchev–Trinajstić information content (AvgIpc) is 2.82. The molecule has 0 heterocycles. The summed E-state index contributed by atoms with van der Waals surface area (Å²) in [5.41, 5.74) is 1.71. The molecule has 3 atom stereocenters. The number of alkyl carbamates (subject to hydrolysis) is 1. The zero-order valence-electron chi connectivity index (χ0n) is 26.4. The van der Waals surface area contributed by atoms with Crippen molar-refractivity contribution in [3.05, 3.63) is 64.7 Å². The molecule has 2 aromatic carbocycles. The number of ether oxygens (including phenoxy) is 1. The minimum absolute atomic E-state index is 0.0797. The molecule has 0 saturated carbocycles. The van der Waals surface area contributed by atoms with E-state index in [2.05, 4.69) is 17.6 Å². The summed E-state index contributed by atoms with van der Waals surface area (Å²) in [5.74, 6) is -0.587. The number of aryl methyl sites for hydroxylation is 2. The molecule has 226 valence electrons. The summed E-state index contributed by atoms with van der Waals surface area (Å²) >= 11 is 0. The normalized spacial score (nSPS) is 14.0. The van der Waals surface area contributed by atoms with Crippen molar-refractivity contribution in [2.75, 3.05) is 0 Å². The Hall–Kier alpha value is -3.55. The minimum atomic E-state index is -1.04. The smallest absolute Gasteiger partial charge is 0.408 e. The summed E-state index contributed by atoms with van der Waals surface area (Å²) in [6.07, 6.45) is 1.12. The number of benzene rings is 2. The molecule has 0 spiro atoms. The van der Waals surface area contributed by atoms with Crippen molar-refractivity contribution in [3.63, 3.8) is 0 Å². The van der Waals surface area contributed by atoms with Gasteiger partial charge in [-0.3, -0.25) is 9.59 Å². The van der Waals surface area contributed by atoms with Crippen LogP contribution in [0.3, 0.4) is 0 Å². The second kappa shape index (κ2) is 13.9. The minimum Gasteiger partial charge on any atom is -0.508 e. The van der Waals surface area contributed by atoms with Crippen LogP contribution in [0.25, 0.3) is 0 Å². The van der Waals surface area contributed by atoms with Gasteiger partial charge in [0.05, 0.1) is 0 Å². The lowest BCUT2D eigenvalue weighted by Crippen LogP contribution is -2.59. The van der Waals surface area contributed by atoms with Gasteiger partial charge in [-0.25, -0.2) is 4.79 Å². The van der Waals surface area contributed by atoms with Gasteiger partial charge in [0.25, 0.3) is 0 Å². The van der Waals surface area contributed by atoms with Crippen LogP contribution < -0.4 is 10.6 Å². The van der Waals surface area contributed by atoms with Crippen molar-refractivity contribution in [1.29, 1.82) is 0 Å². The van der Waals surface area contributed by atoms with Gasteiger partial charge in [-0.15, -0.1) is 0 Å². The zero-order valence-corrected chi connectivity index (χ0v) is 26.4. The van der Waals surface area contributed by atoms with Crippen LogP contribution in [0.2, 0.25) is 0 Å². The molecule has 0 fully saturated rings. The Labute approximate surface area is 245 Å². The van der Waals surface area contributed by atoms with E-state index in [9.17, 15) is 19.5 Å². The van der Waals surface area contributed by atoms with Gasteiger partial charge in [-0.2, -0.15) is 0 Å². The van der Waals surface area contributed by atoms with Crippen LogP contribution >= 0.6 is 0 Å². The Morgan fingerprint density at radius 2 is 1.49 bits per heavy atom. The summed E-state index contributed by atoms with van der Waals surface area (Å²) < 4.78 is 5.51. The number of hydrogen-bond donors (Lipinski definition) is 3. The van der Waals surface area contributed by atoms with Crippen molar-refractivity contribution in [1.82, 2.24) is 15.5 Å². The lowest BCUT2D eigenvalue weighted by Gasteiger charge is -2.44. The van der Waals surface area contributed by atoms with E-state index in [0.29, 0.717) is 0 Å². The quantitative estimate of drug-likeness (QED) is 0.321. The Morgan fingerprint density at radius 3 is 1.98 bits per heavy atom. The molecule has 3 N–H and O–H groups in total. The van der Waals surface area contributed by atoms with Crippen LogP contribution in [0.5, 0.6) is 5.75 Å². The molecule has 3 amide bonds. The first kappa shape index (κ1) is 33.7. The molecule has 2 rings (SSSR count). The summed E-state index contributed by atoms with van der Waals surface area (Å²) in [7, 11) is 0. The first-order valence-electron chi connectivity index (χ1n) is 14.4. The fraction of sp³-hybridized carbons (Fsp3) is 0.545. The third-order valence-electron chi connectivity index (χ3n) is 6.76. The molecule has 0 saturated heterocycles. The molecule has 0 aliphatic heterocycles. The van der Waals surface area contributed by atoms with Crippen LogP contribution in [0, 0.1) is 13.8 Å². The van der Waals surface area contributed by atoms with E-state index in [1.54, 1.807) is 37.8 Å². The molecule has 0 aromatic heterocycles. The molecule has 0 aliphatic rings. The number of rotatable bonds is 10. The number of aromatic hydroxyl groups is 1. The predicted molar refractivity (Wildman–Crippen MR) is 163 cm³/mol. The van der Waals surface area contributed by atoms with Gasteiger partial charge in [0.2, 0.25) is 11.8 Å². The predicted octanol–water partition coefficient (Wildman–Crippen LogP) is 6.12. The molecule has 3 unspecified atom stereocenters. The fourth-order valence-corrected chi connectivity index (χ4v) is 4.99. The van der Waals surface area contributed by atoms with Gasteiger partial charge >= 0.3 is 6.09 Å². The largest absolute Gasteiger partial charge is 0.508 e. The van der Waals surface area contributed by atoms with E-state index >= 15 is 0 Å². The topological polar surface area (TPSA) is 108 Å². The molecular weight excluding hydrogens is 518 g/mol. The Kier molecular flexibility index (Phi) is 11.4. The van der Waals surface area contributed by atoms with Crippen LogP contribution in [0.4, 0.5) is 4.79 Å². The zero-order chi connectivity index (χ0) is 31.1. The molecular formula is C33H49N3O5. The maximum absolute atomic E-state index is 14.6. The van der Waals surface area contributed by atoms with Crippen molar-refractivity contribution in [3.8, 4) is 5.75 Å². The van der Waals surface area contributed by atoms with Gasteiger partial charge in [-0.05, 0) is 103 Å². The van der Waals surface area contributed by atoms with E-state index in [0.717, 1.165) is 35.1 Å². The number of phenolic OH excluding ortho intramolecular Hbond substituents is 1. The first-order valence-corrected chi connectivity index (χ1v) is 14.4. The lowest BCUT2D eigenvalue weighted by atomic mass is 9.89. The molecule has 0 aliphatic carbocycles. The summed E-state index contributed by atoms with van der Waals surface area (Å²) in [6.45, 7) is 18.8. The molecule has 0 radical (unpaired) electrons. The van der Waals surface area contributed by atoms with Crippen molar-refractivity contribution in [2.45, 2.75) is 118 Å². The maximum atomic E-state index is 14.6. The Bertz CT molecular complexity index is 1170. The summed E-state index contributed by atoms with van der Waals surface area (Å²) in [4.78, 5) is 43.3.